The molecule has 0 unspecified atom stereocenters. The first-order valence-electron chi connectivity index (χ1n) is 8.95. The Balaban J connectivity index is 1.73. The maximum absolute atomic E-state index is 13.5. The van der Waals surface area contributed by atoms with Crippen LogP contribution in [0.5, 0.6) is 5.75 Å². The van der Waals surface area contributed by atoms with Gasteiger partial charge in [-0.3, -0.25) is 9.97 Å². The average molecular weight is 379 g/mol. The van der Waals surface area contributed by atoms with E-state index in [0.717, 1.165) is 34.1 Å². The van der Waals surface area contributed by atoms with Crippen molar-refractivity contribution in [2.45, 2.75) is 27.0 Å². The van der Waals surface area contributed by atoms with Crippen molar-refractivity contribution in [3.8, 4) is 5.75 Å². The normalized spacial score (nSPS) is 11.1. The molecule has 0 aliphatic rings. The molecule has 28 heavy (non-hydrogen) atoms. The molecule has 1 aromatic carbocycles. The minimum Gasteiger partial charge on any atom is -0.487 e. The van der Waals surface area contributed by atoms with Crippen molar-refractivity contribution in [1.82, 2.24) is 14.5 Å². The second-order valence-electron chi connectivity index (χ2n) is 6.69. The summed E-state index contributed by atoms with van der Waals surface area (Å²) in [5, 5.41) is 0. The van der Waals surface area contributed by atoms with Crippen LogP contribution in [0.25, 0.3) is 11.0 Å². The quantitative estimate of drug-likeness (QED) is 0.492. The van der Waals surface area contributed by atoms with Gasteiger partial charge in [0.25, 0.3) is 0 Å². The van der Waals surface area contributed by atoms with Crippen molar-refractivity contribution in [1.29, 1.82) is 0 Å². The first kappa shape index (κ1) is 18.1. The van der Waals surface area contributed by atoms with Gasteiger partial charge in [-0.05, 0) is 49.2 Å². The van der Waals surface area contributed by atoms with Gasteiger partial charge in [0.05, 0.1) is 17.8 Å². The molecule has 0 radical (unpaired) electrons. The number of pyridine rings is 2. The van der Waals surface area contributed by atoms with Crippen LogP contribution in [0.15, 0.2) is 54.9 Å². The van der Waals surface area contributed by atoms with E-state index < -0.39 is 11.6 Å². The SMILES string of the molecule is Cc1c(C)n(Cc2ccccn2)c2c(OCc3cc(F)cc(F)c3)ccnc12. The molecule has 4 rings (SSSR count). The van der Waals surface area contributed by atoms with E-state index in [-0.39, 0.29) is 6.61 Å². The maximum Gasteiger partial charge on any atom is 0.147 e. The molecule has 0 saturated carbocycles. The van der Waals surface area contributed by atoms with E-state index >= 15 is 0 Å². The molecule has 0 bridgehead atoms. The molecule has 142 valence electrons. The standard InChI is InChI=1S/C22H19F2N3O/c1-14-15(2)27(12-19-5-3-4-7-25-19)22-20(6-8-26-21(14)22)28-13-16-9-17(23)11-18(24)10-16/h3-11H,12-13H2,1-2H3. The second-order valence-corrected chi connectivity index (χ2v) is 6.69. The summed E-state index contributed by atoms with van der Waals surface area (Å²) in [4.78, 5) is 8.91. The lowest BCUT2D eigenvalue weighted by Gasteiger charge is -2.12. The van der Waals surface area contributed by atoms with Crippen molar-refractivity contribution in [2.75, 3.05) is 0 Å². The number of hydrogen-bond donors (Lipinski definition) is 0. The molecular weight excluding hydrogens is 360 g/mol. The van der Waals surface area contributed by atoms with Crippen molar-refractivity contribution >= 4 is 11.0 Å². The molecular formula is C22H19F2N3O. The van der Waals surface area contributed by atoms with Gasteiger partial charge in [0.15, 0.2) is 0 Å². The molecule has 4 aromatic rings. The van der Waals surface area contributed by atoms with Crippen LogP contribution in [-0.2, 0) is 13.2 Å². The van der Waals surface area contributed by atoms with E-state index in [1.807, 2.05) is 32.0 Å². The summed E-state index contributed by atoms with van der Waals surface area (Å²) in [5.41, 5.74) is 5.17. The van der Waals surface area contributed by atoms with Crippen LogP contribution in [0.1, 0.15) is 22.5 Å². The van der Waals surface area contributed by atoms with Gasteiger partial charge >= 0.3 is 0 Å². The number of ether oxygens (including phenoxy) is 1. The Labute approximate surface area is 161 Å². The fraction of sp³-hybridized carbons (Fsp3) is 0.182. The van der Waals surface area contributed by atoms with Crippen LogP contribution >= 0.6 is 0 Å². The zero-order chi connectivity index (χ0) is 19.7. The van der Waals surface area contributed by atoms with E-state index in [2.05, 4.69) is 14.5 Å². The first-order chi connectivity index (χ1) is 13.5. The fourth-order valence-electron chi connectivity index (χ4n) is 3.34. The molecule has 0 aliphatic heterocycles. The number of aryl methyl sites for hydroxylation is 1. The van der Waals surface area contributed by atoms with Crippen LogP contribution in [-0.4, -0.2) is 14.5 Å². The molecule has 0 fully saturated rings. The highest BCUT2D eigenvalue weighted by molar-refractivity contribution is 5.86. The Morgan fingerprint density at radius 1 is 0.964 bits per heavy atom. The summed E-state index contributed by atoms with van der Waals surface area (Å²) in [6.45, 7) is 4.69. The smallest absolute Gasteiger partial charge is 0.147 e. The van der Waals surface area contributed by atoms with Crippen molar-refractivity contribution < 1.29 is 13.5 Å². The maximum atomic E-state index is 13.5. The average Bonchev–Trinajstić information content (AvgIpc) is 2.92. The number of rotatable bonds is 5. The molecule has 0 atom stereocenters. The summed E-state index contributed by atoms with van der Waals surface area (Å²) < 4.78 is 35.0. The van der Waals surface area contributed by atoms with Crippen LogP contribution < -0.4 is 4.74 Å². The first-order valence-corrected chi connectivity index (χ1v) is 8.95. The molecule has 0 amide bonds. The van der Waals surface area contributed by atoms with Gasteiger partial charge in [-0.1, -0.05) is 6.07 Å². The van der Waals surface area contributed by atoms with Crippen molar-refractivity contribution in [3.63, 3.8) is 0 Å². The van der Waals surface area contributed by atoms with Gasteiger partial charge in [0.2, 0.25) is 0 Å². The van der Waals surface area contributed by atoms with Gasteiger partial charge < -0.3 is 9.30 Å². The zero-order valence-corrected chi connectivity index (χ0v) is 15.6. The third kappa shape index (κ3) is 3.45. The predicted octanol–water partition coefficient (Wildman–Crippen LogP) is 4.95. The number of fused-ring (bicyclic) bond motifs is 1. The molecule has 0 spiro atoms. The number of halogens is 2. The largest absolute Gasteiger partial charge is 0.487 e. The molecule has 0 saturated heterocycles. The fourth-order valence-corrected chi connectivity index (χ4v) is 3.34. The Morgan fingerprint density at radius 2 is 1.75 bits per heavy atom. The molecule has 0 N–H and O–H groups in total. The lowest BCUT2D eigenvalue weighted by atomic mass is 10.2. The van der Waals surface area contributed by atoms with Crippen molar-refractivity contribution in [2.24, 2.45) is 0 Å². The minimum atomic E-state index is -0.622. The molecule has 4 nitrogen and oxygen atoms in total. The molecule has 3 heterocycles. The van der Waals surface area contributed by atoms with Crippen LogP contribution in [0, 0.1) is 25.5 Å². The van der Waals surface area contributed by atoms with Gasteiger partial charge in [-0.2, -0.15) is 0 Å². The highest BCUT2D eigenvalue weighted by Gasteiger charge is 2.17. The second kappa shape index (κ2) is 7.38. The number of benzene rings is 1. The van der Waals surface area contributed by atoms with Gasteiger partial charge in [-0.25, -0.2) is 8.78 Å². The third-order valence-corrected chi connectivity index (χ3v) is 4.82. The van der Waals surface area contributed by atoms with Gasteiger partial charge in [0.1, 0.15) is 29.5 Å². The molecule has 3 aromatic heterocycles. The summed E-state index contributed by atoms with van der Waals surface area (Å²) in [6, 6.07) is 10.9. The van der Waals surface area contributed by atoms with Gasteiger partial charge in [-0.15, -0.1) is 0 Å². The summed E-state index contributed by atoms with van der Waals surface area (Å²) in [7, 11) is 0. The molecule has 0 aliphatic carbocycles. The number of aromatic nitrogens is 3. The summed E-state index contributed by atoms with van der Waals surface area (Å²) >= 11 is 0. The Kier molecular flexibility index (Phi) is 4.77. The topological polar surface area (TPSA) is 39.9 Å². The van der Waals surface area contributed by atoms with Crippen LogP contribution in [0.2, 0.25) is 0 Å². The van der Waals surface area contributed by atoms with E-state index in [1.165, 1.54) is 12.1 Å². The van der Waals surface area contributed by atoms with E-state index in [9.17, 15) is 8.78 Å². The lowest BCUT2D eigenvalue weighted by molar-refractivity contribution is 0.307. The highest BCUT2D eigenvalue weighted by atomic mass is 19.1. The zero-order valence-electron chi connectivity index (χ0n) is 15.6. The lowest BCUT2D eigenvalue weighted by Crippen LogP contribution is -2.05. The van der Waals surface area contributed by atoms with Crippen LogP contribution in [0.3, 0.4) is 0 Å². The van der Waals surface area contributed by atoms with E-state index in [1.54, 1.807) is 18.5 Å². The molecule has 6 heteroatoms. The summed E-state index contributed by atoms with van der Waals surface area (Å²) in [5.74, 6) is -0.630. The third-order valence-electron chi connectivity index (χ3n) is 4.82. The van der Waals surface area contributed by atoms with Crippen LogP contribution in [0.4, 0.5) is 8.78 Å². The number of hydrogen-bond acceptors (Lipinski definition) is 3. The Hall–Kier alpha value is -3.28. The monoisotopic (exact) mass is 379 g/mol. The minimum absolute atomic E-state index is 0.0562. The number of nitrogens with zero attached hydrogens (tertiary/aromatic N) is 3. The summed E-state index contributed by atoms with van der Waals surface area (Å²) in [6.07, 6.45) is 3.44. The Morgan fingerprint density at radius 3 is 2.46 bits per heavy atom. The van der Waals surface area contributed by atoms with E-state index in [4.69, 9.17) is 4.74 Å². The van der Waals surface area contributed by atoms with Gasteiger partial charge in [0, 0.05) is 30.2 Å². The Bertz CT molecular complexity index is 1120. The van der Waals surface area contributed by atoms with E-state index in [0.29, 0.717) is 17.9 Å². The van der Waals surface area contributed by atoms with Crippen molar-refractivity contribution in [3.05, 3.63) is 89.0 Å². The predicted molar refractivity (Wildman–Crippen MR) is 103 cm³/mol. The highest BCUT2D eigenvalue weighted by Crippen LogP contribution is 2.32.